The average molecular weight is 367 g/mol. The van der Waals surface area contributed by atoms with Crippen molar-refractivity contribution in [2.75, 3.05) is 20.7 Å². The van der Waals surface area contributed by atoms with Crippen molar-refractivity contribution in [1.29, 1.82) is 0 Å². The van der Waals surface area contributed by atoms with E-state index in [4.69, 9.17) is 4.74 Å². The van der Waals surface area contributed by atoms with E-state index >= 15 is 0 Å². The van der Waals surface area contributed by atoms with E-state index in [0.717, 1.165) is 12.1 Å². The Balaban J connectivity index is 2.51. The lowest BCUT2D eigenvalue weighted by atomic mass is 9.94. The first-order valence-corrected chi connectivity index (χ1v) is 7.82. The predicted molar refractivity (Wildman–Crippen MR) is 92.3 cm³/mol. The summed E-state index contributed by atoms with van der Waals surface area (Å²) in [5.74, 6) is -0.0746. The van der Waals surface area contributed by atoms with Crippen molar-refractivity contribution < 1.29 is 22.7 Å². The second kappa shape index (κ2) is 7.63. The van der Waals surface area contributed by atoms with Gasteiger partial charge in [0.25, 0.3) is 0 Å². The number of carbonyl (C=O) groups excluding carboxylic acids is 1. The van der Waals surface area contributed by atoms with Gasteiger partial charge < -0.3 is 15.0 Å². The summed E-state index contributed by atoms with van der Waals surface area (Å²) in [5, 5.41) is 3.10. The molecule has 2 rings (SSSR count). The number of nitrogens with one attached hydrogen (secondary N) is 1. The average Bonchev–Trinajstić information content (AvgIpc) is 2.61. The van der Waals surface area contributed by atoms with Crippen LogP contribution in [0.15, 0.2) is 53.2 Å². The first-order chi connectivity index (χ1) is 12.2. The topological polar surface area (TPSA) is 53.9 Å². The van der Waals surface area contributed by atoms with E-state index in [2.05, 4.69) is 16.9 Å². The van der Waals surface area contributed by atoms with E-state index in [-0.39, 0.29) is 0 Å². The van der Waals surface area contributed by atoms with Gasteiger partial charge in [0, 0.05) is 12.7 Å². The number of carbonyl (C=O) groups is 1. The Kier molecular flexibility index (Phi) is 5.74. The fraction of sp³-hybridized carbons (Fsp3) is 0.333. The first kappa shape index (κ1) is 19.6. The van der Waals surface area contributed by atoms with Gasteiger partial charge in [-0.2, -0.15) is 13.2 Å². The van der Waals surface area contributed by atoms with Gasteiger partial charge in [0.05, 0.1) is 30.8 Å². The highest BCUT2D eigenvalue weighted by molar-refractivity contribution is 5.96. The minimum Gasteiger partial charge on any atom is -0.466 e. The molecule has 0 aromatic heterocycles. The fourth-order valence-electron chi connectivity index (χ4n) is 2.64. The second-order valence-electron chi connectivity index (χ2n) is 5.70. The van der Waals surface area contributed by atoms with E-state index in [1.807, 2.05) is 0 Å². The highest BCUT2D eigenvalue weighted by Gasteiger charge is 2.35. The van der Waals surface area contributed by atoms with E-state index in [0.29, 0.717) is 29.3 Å². The molecule has 1 aliphatic rings. The predicted octanol–water partition coefficient (Wildman–Crippen LogP) is 3.27. The number of rotatable bonds is 4. The molecular formula is C18H20F3N3O2. The van der Waals surface area contributed by atoms with Gasteiger partial charge in [0.15, 0.2) is 5.96 Å². The van der Waals surface area contributed by atoms with Crippen LogP contribution in [0.2, 0.25) is 0 Å². The Morgan fingerprint density at radius 2 is 2.00 bits per heavy atom. The number of benzene rings is 1. The van der Waals surface area contributed by atoms with Gasteiger partial charge in [0.2, 0.25) is 0 Å². The Bertz CT molecular complexity index is 752. The van der Waals surface area contributed by atoms with Gasteiger partial charge in [0.1, 0.15) is 0 Å². The Morgan fingerprint density at radius 3 is 2.50 bits per heavy atom. The maximum absolute atomic E-state index is 12.8. The number of aliphatic imine (C=N–C) groups is 1. The normalized spacial score (nSPS) is 19.4. The molecular weight excluding hydrogens is 347 g/mol. The molecule has 0 bridgehead atoms. The minimum atomic E-state index is -4.42. The van der Waals surface area contributed by atoms with Crippen LogP contribution in [0, 0.1) is 0 Å². The van der Waals surface area contributed by atoms with Gasteiger partial charge in [-0.3, -0.25) is 0 Å². The van der Waals surface area contributed by atoms with Gasteiger partial charge in [-0.25, -0.2) is 9.79 Å². The summed E-state index contributed by atoms with van der Waals surface area (Å²) >= 11 is 0. The number of allylic oxidation sites excluding steroid dienone is 1. The number of methoxy groups -OCH3 is 1. The molecule has 1 N–H and O–H groups in total. The number of guanidine groups is 1. The summed E-state index contributed by atoms with van der Waals surface area (Å²) in [6, 6.07) is 3.98. The monoisotopic (exact) mass is 367 g/mol. The summed E-state index contributed by atoms with van der Waals surface area (Å²) in [6.45, 7) is 5.69. The van der Waals surface area contributed by atoms with Crippen LogP contribution in [0.25, 0.3) is 0 Å². The van der Waals surface area contributed by atoms with Gasteiger partial charge >= 0.3 is 12.1 Å². The van der Waals surface area contributed by atoms with Crippen LogP contribution in [-0.2, 0) is 15.7 Å². The van der Waals surface area contributed by atoms with Crippen molar-refractivity contribution in [3.8, 4) is 0 Å². The quantitative estimate of drug-likeness (QED) is 0.656. The molecule has 0 aliphatic carbocycles. The summed E-state index contributed by atoms with van der Waals surface area (Å²) in [4.78, 5) is 18.3. The summed E-state index contributed by atoms with van der Waals surface area (Å²) in [6.07, 6.45) is -2.81. The number of halogens is 3. The molecule has 0 saturated carbocycles. The summed E-state index contributed by atoms with van der Waals surface area (Å²) in [7, 11) is 2.99. The first-order valence-electron chi connectivity index (χ1n) is 7.82. The van der Waals surface area contributed by atoms with E-state index in [1.54, 1.807) is 24.9 Å². The molecule has 0 saturated heterocycles. The van der Waals surface area contributed by atoms with Crippen molar-refractivity contribution >= 4 is 11.9 Å². The zero-order valence-electron chi connectivity index (χ0n) is 14.7. The lowest BCUT2D eigenvalue weighted by molar-refractivity contribution is -0.138. The highest BCUT2D eigenvalue weighted by atomic mass is 19.4. The summed E-state index contributed by atoms with van der Waals surface area (Å²) < 4.78 is 43.3. The molecule has 140 valence electrons. The smallest absolute Gasteiger partial charge is 0.416 e. The Labute approximate surface area is 149 Å². The summed E-state index contributed by atoms with van der Waals surface area (Å²) in [5.41, 5.74) is 0.655. The van der Waals surface area contributed by atoms with Crippen LogP contribution in [0.1, 0.15) is 24.1 Å². The number of alkyl halides is 3. The molecule has 1 aliphatic heterocycles. The molecule has 0 amide bonds. The number of hydrogen-bond acceptors (Lipinski definition) is 3. The SMILES string of the molecule is C=CCN=C1NC(c2ccc(C(F)(F)F)cc2)C(C(=O)OC)=C(C)N1C. The van der Waals surface area contributed by atoms with Crippen LogP contribution < -0.4 is 5.32 Å². The van der Waals surface area contributed by atoms with Gasteiger partial charge in [-0.1, -0.05) is 18.2 Å². The largest absolute Gasteiger partial charge is 0.466 e. The fourth-order valence-corrected chi connectivity index (χ4v) is 2.64. The van der Waals surface area contributed by atoms with Crippen molar-refractivity contribution in [3.63, 3.8) is 0 Å². The Hall–Kier alpha value is -2.77. The van der Waals surface area contributed by atoms with Crippen LogP contribution in [0.4, 0.5) is 13.2 Å². The minimum absolute atomic E-state index is 0.312. The third-order valence-electron chi connectivity index (χ3n) is 4.12. The standard InChI is InChI=1S/C18H20F3N3O2/c1-5-10-22-17-23-15(14(16(25)26-4)11(2)24(17)3)12-6-8-13(9-7-12)18(19,20)21/h5-9,15H,1,10H2,2-4H3,(H,22,23). The molecule has 1 atom stereocenters. The Morgan fingerprint density at radius 1 is 1.38 bits per heavy atom. The highest BCUT2D eigenvalue weighted by Crippen LogP contribution is 2.33. The third-order valence-corrected chi connectivity index (χ3v) is 4.12. The lowest BCUT2D eigenvalue weighted by Gasteiger charge is -2.35. The molecule has 0 fully saturated rings. The maximum Gasteiger partial charge on any atom is 0.416 e. The van der Waals surface area contributed by atoms with E-state index in [1.165, 1.54) is 19.2 Å². The van der Waals surface area contributed by atoms with Gasteiger partial charge in [-0.05, 0) is 24.6 Å². The second-order valence-corrected chi connectivity index (χ2v) is 5.70. The third kappa shape index (κ3) is 3.89. The molecule has 1 heterocycles. The molecule has 1 aromatic rings. The van der Waals surface area contributed by atoms with Crippen molar-refractivity contribution in [2.24, 2.45) is 4.99 Å². The molecule has 26 heavy (non-hydrogen) atoms. The van der Waals surface area contributed by atoms with E-state index < -0.39 is 23.8 Å². The number of hydrogen-bond donors (Lipinski definition) is 1. The maximum atomic E-state index is 12.8. The lowest BCUT2D eigenvalue weighted by Crippen LogP contribution is -2.47. The molecule has 0 spiro atoms. The van der Waals surface area contributed by atoms with Crippen molar-refractivity contribution in [2.45, 2.75) is 19.1 Å². The van der Waals surface area contributed by atoms with Crippen LogP contribution >= 0.6 is 0 Å². The van der Waals surface area contributed by atoms with Crippen LogP contribution in [-0.4, -0.2) is 37.5 Å². The van der Waals surface area contributed by atoms with Crippen molar-refractivity contribution in [1.82, 2.24) is 10.2 Å². The molecule has 5 nitrogen and oxygen atoms in total. The van der Waals surface area contributed by atoms with Crippen molar-refractivity contribution in [3.05, 3.63) is 59.3 Å². The zero-order valence-corrected chi connectivity index (χ0v) is 14.7. The zero-order chi connectivity index (χ0) is 19.5. The number of nitrogens with zero attached hydrogens (tertiary/aromatic N) is 2. The van der Waals surface area contributed by atoms with Gasteiger partial charge in [-0.15, -0.1) is 6.58 Å². The molecule has 1 aromatic carbocycles. The molecule has 8 heteroatoms. The molecule has 1 unspecified atom stereocenters. The van der Waals surface area contributed by atoms with Crippen LogP contribution in [0.5, 0.6) is 0 Å². The molecule has 0 radical (unpaired) electrons. The van der Waals surface area contributed by atoms with E-state index in [9.17, 15) is 18.0 Å². The number of esters is 1. The number of ether oxygens (including phenoxy) is 1. The van der Waals surface area contributed by atoms with Crippen LogP contribution in [0.3, 0.4) is 0 Å².